The van der Waals surface area contributed by atoms with Crippen molar-refractivity contribution in [3.63, 3.8) is 0 Å². The Bertz CT molecular complexity index is 704. The van der Waals surface area contributed by atoms with Crippen molar-refractivity contribution in [2.45, 2.75) is 6.92 Å². The van der Waals surface area contributed by atoms with Crippen molar-refractivity contribution in [3.8, 4) is 0 Å². The first-order chi connectivity index (χ1) is 9.99. The molecule has 0 aliphatic heterocycles. The SMILES string of the molecule is Cc1ccc(C(=O)NNC(=O)c2ccccc2Cl)cc1F. The minimum absolute atomic E-state index is 0.109. The highest BCUT2D eigenvalue weighted by Crippen LogP contribution is 2.14. The van der Waals surface area contributed by atoms with Crippen LogP contribution in [0, 0.1) is 12.7 Å². The number of carbonyl (C=O) groups is 2. The molecule has 0 fully saturated rings. The van der Waals surface area contributed by atoms with E-state index in [0.717, 1.165) is 6.07 Å². The molecule has 2 amide bonds. The first-order valence-electron chi connectivity index (χ1n) is 6.10. The second kappa shape index (κ2) is 6.37. The normalized spacial score (nSPS) is 10.0. The Morgan fingerprint density at radius 2 is 1.71 bits per heavy atom. The highest BCUT2D eigenvalue weighted by Gasteiger charge is 2.12. The summed E-state index contributed by atoms with van der Waals surface area (Å²) in [5.74, 6) is -1.66. The van der Waals surface area contributed by atoms with Crippen molar-refractivity contribution in [1.29, 1.82) is 0 Å². The second-order valence-corrected chi connectivity index (χ2v) is 4.76. The molecule has 0 aromatic heterocycles. The molecule has 2 aromatic carbocycles. The molecule has 2 rings (SSSR count). The van der Waals surface area contributed by atoms with Crippen molar-refractivity contribution >= 4 is 23.4 Å². The van der Waals surface area contributed by atoms with Gasteiger partial charge < -0.3 is 0 Å². The summed E-state index contributed by atoms with van der Waals surface area (Å²) in [6, 6.07) is 10.5. The molecule has 0 spiro atoms. The fourth-order valence-corrected chi connectivity index (χ4v) is 1.85. The maximum absolute atomic E-state index is 13.4. The molecule has 108 valence electrons. The van der Waals surface area contributed by atoms with Crippen LogP contribution < -0.4 is 10.9 Å². The van der Waals surface area contributed by atoms with Gasteiger partial charge in [0.2, 0.25) is 0 Å². The number of amides is 2. The molecule has 0 aliphatic carbocycles. The van der Waals surface area contributed by atoms with Crippen LogP contribution in [0.15, 0.2) is 42.5 Å². The maximum Gasteiger partial charge on any atom is 0.271 e. The predicted molar refractivity (Wildman–Crippen MR) is 77.5 cm³/mol. The number of rotatable bonds is 2. The number of hydrogen-bond donors (Lipinski definition) is 2. The highest BCUT2D eigenvalue weighted by molar-refractivity contribution is 6.33. The lowest BCUT2D eigenvalue weighted by molar-refractivity contribution is 0.0846. The molecule has 0 atom stereocenters. The smallest absolute Gasteiger partial charge is 0.267 e. The molecule has 2 aromatic rings. The topological polar surface area (TPSA) is 58.2 Å². The Kier molecular flexibility index (Phi) is 4.55. The van der Waals surface area contributed by atoms with E-state index in [1.807, 2.05) is 0 Å². The number of nitrogens with one attached hydrogen (secondary N) is 2. The Morgan fingerprint density at radius 3 is 2.38 bits per heavy atom. The summed E-state index contributed by atoms with van der Waals surface area (Å²) in [5.41, 5.74) is 5.21. The lowest BCUT2D eigenvalue weighted by Crippen LogP contribution is -2.41. The molecule has 0 heterocycles. The van der Waals surface area contributed by atoms with Crippen molar-refractivity contribution < 1.29 is 14.0 Å². The van der Waals surface area contributed by atoms with Gasteiger partial charge in [-0.1, -0.05) is 29.8 Å². The van der Waals surface area contributed by atoms with Crippen LogP contribution >= 0.6 is 11.6 Å². The fraction of sp³-hybridized carbons (Fsp3) is 0.0667. The largest absolute Gasteiger partial charge is 0.271 e. The van der Waals surface area contributed by atoms with Crippen LogP contribution in [0.3, 0.4) is 0 Å². The summed E-state index contributed by atoms with van der Waals surface area (Å²) in [6.45, 7) is 1.59. The van der Waals surface area contributed by atoms with Crippen molar-refractivity contribution in [2.24, 2.45) is 0 Å². The Hall–Kier alpha value is -2.40. The second-order valence-electron chi connectivity index (χ2n) is 4.35. The zero-order valence-corrected chi connectivity index (χ0v) is 11.9. The third-order valence-corrected chi connectivity index (χ3v) is 3.17. The van der Waals surface area contributed by atoms with E-state index in [4.69, 9.17) is 11.6 Å². The van der Waals surface area contributed by atoms with Crippen molar-refractivity contribution in [3.05, 3.63) is 70.0 Å². The van der Waals surface area contributed by atoms with Crippen LogP contribution in [-0.4, -0.2) is 11.8 Å². The minimum Gasteiger partial charge on any atom is -0.267 e. The van der Waals surface area contributed by atoms with Crippen LogP contribution in [0.2, 0.25) is 5.02 Å². The lowest BCUT2D eigenvalue weighted by Gasteiger charge is -2.08. The van der Waals surface area contributed by atoms with Crippen LogP contribution in [0.4, 0.5) is 4.39 Å². The van der Waals surface area contributed by atoms with Crippen LogP contribution in [0.1, 0.15) is 26.3 Å². The molecule has 0 saturated heterocycles. The number of carbonyl (C=O) groups excluding carboxylic acids is 2. The van der Waals surface area contributed by atoms with E-state index in [-0.39, 0.29) is 16.1 Å². The first kappa shape index (κ1) is 15.0. The highest BCUT2D eigenvalue weighted by atomic mass is 35.5. The molecule has 21 heavy (non-hydrogen) atoms. The molecule has 0 unspecified atom stereocenters. The summed E-state index contributed by atoms with van der Waals surface area (Å²) in [7, 11) is 0. The van der Waals surface area contributed by atoms with Gasteiger partial charge in [-0.2, -0.15) is 0 Å². The van der Waals surface area contributed by atoms with Gasteiger partial charge in [-0.25, -0.2) is 4.39 Å². The summed E-state index contributed by atoms with van der Waals surface area (Å²) in [6.07, 6.45) is 0. The first-order valence-corrected chi connectivity index (χ1v) is 6.48. The number of hydrazine groups is 1. The third-order valence-electron chi connectivity index (χ3n) is 2.84. The average molecular weight is 307 g/mol. The third kappa shape index (κ3) is 3.58. The summed E-state index contributed by atoms with van der Waals surface area (Å²) < 4.78 is 13.4. The average Bonchev–Trinajstić information content (AvgIpc) is 2.47. The van der Waals surface area contributed by atoms with Gasteiger partial charge in [0.1, 0.15) is 5.82 Å². The van der Waals surface area contributed by atoms with E-state index < -0.39 is 17.6 Å². The fourth-order valence-electron chi connectivity index (χ4n) is 1.63. The van der Waals surface area contributed by atoms with E-state index in [1.54, 1.807) is 25.1 Å². The summed E-state index contributed by atoms with van der Waals surface area (Å²) in [5, 5.41) is 0.269. The molecule has 0 saturated carbocycles. The van der Waals surface area contributed by atoms with Crippen molar-refractivity contribution in [2.75, 3.05) is 0 Å². The molecular formula is C15H12ClFN2O2. The van der Waals surface area contributed by atoms with Gasteiger partial charge in [-0.05, 0) is 36.8 Å². The van der Waals surface area contributed by atoms with Crippen molar-refractivity contribution in [1.82, 2.24) is 10.9 Å². The van der Waals surface area contributed by atoms with Gasteiger partial charge in [0.05, 0.1) is 10.6 Å². The molecular weight excluding hydrogens is 295 g/mol. The zero-order valence-electron chi connectivity index (χ0n) is 11.1. The van der Waals surface area contributed by atoms with Gasteiger partial charge >= 0.3 is 0 Å². The maximum atomic E-state index is 13.4. The minimum atomic E-state index is -0.616. The number of benzene rings is 2. The van der Waals surface area contributed by atoms with Crippen LogP contribution in [0.5, 0.6) is 0 Å². The molecule has 0 radical (unpaired) electrons. The molecule has 2 N–H and O–H groups in total. The zero-order chi connectivity index (χ0) is 15.4. The van der Waals surface area contributed by atoms with Gasteiger partial charge in [-0.15, -0.1) is 0 Å². The predicted octanol–water partition coefficient (Wildman–Crippen LogP) is 2.86. The van der Waals surface area contributed by atoms with Gasteiger partial charge in [0, 0.05) is 5.56 Å². The molecule has 4 nitrogen and oxygen atoms in total. The summed E-state index contributed by atoms with van der Waals surface area (Å²) >= 11 is 5.87. The summed E-state index contributed by atoms with van der Waals surface area (Å²) in [4.78, 5) is 23.6. The van der Waals surface area contributed by atoms with E-state index in [2.05, 4.69) is 10.9 Å². The van der Waals surface area contributed by atoms with Gasteiger partial charge in [-0.3, -0.25) is 20.4 Å². The molecule has 0 aliphatic rings. The van der Waals surface area contributed by atoms with Gasteiger partial charge in [0.25, 0.3) is 11.8 Å². The van der Waals surface area contributed by atoms with Crippen LogP contribution in [0.25, 0.3) is 0 Å². The number of aryl methyl sites for hydroxylation is 1. The standard InChI is InChI=1S/C15H12ClFN2O2/c1-9-6-7-10(8-13(9)17)14(20)18-19-15(21)11-4-2-3-5-12(11)16/h2-8H,1H3,(H,18,20)(H,19,21). The van der Waals surface area contributed by atoms with E-state index in [9.17, 15) is 14.0 Å². The Labute approximate surface area is 125 Å². The Balaban J connectivity index is 2.02. The Morgan fingerprint density at radius 1 is 1.05 bits per heavy atom. The van der Waals surface area contributed by atoms with E-state index >= 15 is 0 Å². The lowest BCUT2D eigenvalue weighted by atomic mass is 10.1. The number of hydrogen-bond acceptors (Lipinski definition) is 2. The van der Waals surface area contributed by atoms with Crippen LogP contribution in [-0.2, 0) is 0 Å². The quantitative estimate of drug-likeness (QED) is 0.838. The number of halogens is 2. The van der Waals surface area contributed by atoms with Gasteiger partial charge in [0.15, 0.2) is 0 Å². The van der Waals surface area contributed by atoms with E-state index in [0.29, 0.717) is 5.56 Å². The molecule has 0 bridgehead atoms. The van der Waals surface area contributed by atoms with E-state index in [1.165, 1.54) is 18.2 Å². The molecule has 6 heteroatoms. The monoisotopic (exact) mass is 306 g/mol.